The fraction of sp³-hybridized carbons (Fsp3) is 0.615. The van der Waals surface area contributed by atoms with E-state index in [0.717, 1.165) is 25.8 Å². The molecule has 3 rings (SSSR count). The molecular weight excluding hydrogens is 294 g/mol. The highest BCUT2D eigenvalue weighted by molar-refractivity contribution is 7.89. The van der Waals surface area contributed by atoms with Crippen molar-refractivity contribution >= 4 is 16.0 Å². The number of carboxylic acids is 1. The van der Waals surface area contributed by atoms with Crippen LogP contribution in [0.5, 0.6) is 0 Å². The highest BCUT2D eigenvalue weighted by Crippen LogP contribution is 2.37. The van der Waals surface area contributed by atoms with Crippen LogP contribution in [0.1, 0.15) is 35.8 Å². The molecule has 0 spiro atoms. The van der Waals surface area contributed by atoms with Gasteiger partial charge in [0.25, 0.3) is 0 Å². The van der Waals surface area contributed by atoms with Crippen LogP contribution in [-0.2, 0) is 10.0 Å². The summed E-state index contributed by atoms with van der Waals surface area (Å²) in [6.45, 7) is 1.53. The maximum Gasteiger partial charge on any atom is 0.352 e. The Bertz CT molecular complexity index is 663. The lowest BCUT2D eigenvalue weighted by molar-refractivity contribution is 0.0685. The highest BCUT2D eigenvalue weighted by atomic mass is 32.2. The summed E-state index contributed by atoms with van der Waals surface area (Å²) in [6, 6.07) is 1.26. The van der Waals surface area contributed by atoms with Gasteiger partial charge in [-0.05, 0) is 38.9 Å². The van der Waals surface area contributed by atoms with Crippen LogP contribution in [-0.4, -0.2) is 55.1 Å². The normalized spacial score (nSPS) is 23.6. The van der Waals surface area contributed by atoms with E-state index in [9.17, 15) is 18.3 Å². The molecule has 1 unspecified atom stereocenters. The monoisotopic (exact) mass is 313 g/mol. The topological polar surface area (TPSA) is 91.6 Å². The van der Waals surface area contributed by atoms with E-state index in [1.54, 1.807) is 4.57 Å². The quantitative estimate of drug-likeness (QED) is 0.826. The van der Waals surface area contributed by atoms with Crippen LogP contribution in [0.15, 0.2) is 17.2 Å². The second-order valence-electron chi connectivity index (χ2n) is 5.87. The summed E-state index contributed by atoms with van der Waals surface area (Å²) in [7, 11) is -1.72. The Morgan fingerprint density at radius 3 is 2.62 bits per heavy atom. The molecule has 7 nitrogen and oxygen atoms in total. The summed E-state index contributed by atoms with van der Waals surface area (Å²) in [5.74, 6) is -1.09. The average molecular weight is 313 g/mol. The van der Waals surface area contributed by atoms with Gasteiger partial charge in [-0.3, -0.25) is 0 Å². The Labute approximate surface area is 123 Å². The van der Waals surface area contributed by atoms with Gasteiger partial charge in [0, 0.05) is 24.8 Å². The SMILES string of the molecule is CN1CCC(NS(=O)(=O)c2cc(C(=O)O)n(C3CC3)c2)C1. The number of carbonyl (C=O) groups is 1. The Morgan fingerprint density at radius 2 is 2.10 bits per heavy atom. The number of nitrogens with zero attached hydrogens (tertiary/aromatic N) is 2. The zero-order valence-electron chi connectivity index (χ0n) is 11.8. The molecule has 1 atom stereocenters. The molecule has 0 bridgehead atoms. The number of likely N-dealkylation sites (N-methyl/N-ethyl adjacent to an activating group) is 1. The summed E-state index contributed by atoms with van der Waals surface area (Å²) in [6.07, 6.45) is 4.01. The number of hydrogen-bond donors (Lipinski definition) is 2. The van der Waals surface area contributed by atoms with Gasteiger partial charge in [0.15, 0.2) is 0 Å². The van der Waals surface area contributed by atoms with Crippen molar-refractivity contribution in [2.24, 2.45) is 0 Å². The maximum absolute atomic E-state index is 12.4. The van der Waals surface area contributed by atoms with E-state index in [0.29, 0.717) is 6.54 Å². The molecule has 1 aromatic rings. The van der Waals surface area contributed by atoms with Crippen molar-refractivity contribution in [1.82, 2.24) is 14.2 Å². The van der Waals surface area contributed by atoms with Gasteiger partial charge in [0.05, 0.1) is 0 Å². The fourth-order valence-electron chi connectivity index (χ4n) is 2.75. The van der Waals surface area contributed by atoms with Crippen LogP contribution in [0.25, 0.3) is 0 Å². The first-order chi connectivity index (χ1) is 9.87. The third-order valence-corrected chi connectivity index (χ3v) is 5.49. The van der Waals surface area contributed by atoms with Crippen molar-refractivity contribution in [2.75, 3.05) is 20.1 Å². The van der Waals surface area contributed by atoms with Crippen molar-refractivity contribution < 1.29 is 18.3 Å². The number of hydrogen-bond acceptors (Lipinski definition) is 4. The predicted octanol–water partition coefficient (Wildman–Crippen LogP) is 0.504. The van der Waals surface area contributed by atoms with Crippen molar-refractivity contribution in [1.29, 1.82) is 0 Å². The van der Waals surface area contributed by atoms with Crippen LogP contribution in [0.2, 0.25) is 0 Å². The zero-order chi connectivity index (χ0) is 15.2. The summed E-state index contributed by atoms with van der Waals surface area (Å²) >= 11 is 0. The second kappa shape index (κ2) is 5.11. The second-order valence-corrected chi connectivity index (χ2v) is 7.59. The highest BCUT2D eigenvalue weighted by Gasteiger charge is 2.32. The van der Waals surface area contributed by atoms with Gasteiger partial charge < -0.3 is 14.6 Å². The lowest BCUT2D eigenvalue weighted by atomic mass is 10.3. The molecule has 2 heterocycles. The van der Waals surface area contributed by atoms with E-state index < -0.39 is 16.0 Å². The minimum atomic E-state index is -3.67. The molecule has 1 aliphatic carbocycles. The standard InChI is InChI=1S/C13H19N3O4S/c1-15-5-4-9(7-15)14-21(19,20)11-6-12(13(17)18)16(8-11)10-2-3-10/h6,8-10,14H,2-5,7H2,1H3,(H,17,18). The van der Waals surface area contributed by atoms with E-state index in [2.05, 4.69) is 9.62 Å². The zero-order valence-corrected chi connectivity index (χ0v) is 12.6. The van der Waals surface area contributed by atoms with Gasteiger partial charge in [-0.25, -0.2) is 17.9 Å². The molecule has 2 aliphatic rings. The lowest BCUT2D eigenvalue weighted by Gasteiger charge is -2.12. The van der Waals surface area contributed by atoms with Crippen molar-refractivity contribution in [3.63, 3.8) is 0 Å². The molecule has 1 aliphatic heterocycles. The van der Waals surface area contributed by atoms with Crippen molar-refractivity contribution in [2.45, 2.75) is 36.2 Å². The van der Waals surface area contributed by atoms with Crippen LogP contribution < -0.4 is 4.72 Å². The average Bonchev–Trinajstić information content (AvgIpc) is 2.99. The number of nitrogens with one attached hydrogen (secondary N) is 1. The van der Waals surface area contributed by atoms with Crippen molar-refractivity contribution in [3.05, 3.63) is 18.0 Å². The first-order valence-corrected chi connectivity index (χ1v) is 8.51. The molecule has 116 valence electrons. The van der Waals surface area contributed by atoms with Gasteiger partial charge in [0.2, 0.25) is 10.0 Å². The Morgan fingerprint density at radius 1 is 1.38 bits per heavy atom. The van der Waals surface area contributed by atoms with Gasteiger partial charge in [-0.1, -0.05) is 0 Å². The summed E-state index contributed by atoms with van der Waals surface area (Å²) < 4.78 is 29.0. The summed E-state index contributed by atoms with van der Waals surface area (Å²) in [5, 5.41) is 9.20. The van der Waals surface area contributed by atoms with Crippen LogP contribution in [0, 0.1) is 0 Å². The number of rotatable bonds is 5. The molecule has 0 aromatic carbocycles. The third-order valence-electron chi connectivity index (χ3n) is 4.01. The van der Waals surface area contributed by atoms with Crippen molar-refractivity contribution in [3.8, 4) is 0 Å². The van der Waals surface area contributed by atoms with Crippen LogP contribution in [0.3, 0.4) is 0 Å². The largest absolute Gasteiger partial charge is 0.477 e. The van der Waals surface area contributed by atoms with Gasteiger partial charge >= 0.3 is 5.97 Å². The van der Waals surface area contributed by atoms with Crippen LogP contribution >= 0.6 is 0 Å². The maximum atomic E-state index is 12.4. The molecule has 21 heavy (non-hydrogen) atoms. The van der Waals surface area contributed by atoms with Crippen LogP contribution in [0.4, 0.5) is 0 Å². The molecule has 1 saturated heterocycles. The Hall–Kier alpha value is -1.38. The minimum Gasteiger partial charge on any atom is -0.477 e. The van der Waals surface area contributed by atoms with Gasteiger partial charge in [-0.2, -0.15) is 0 Å². The first kappa shape index (κ1) is 14.6. The third kappa shape index (κ3) is 2.97. The molecule has 1 saturated carbocycles. The molecule has 0 radical (unpaired) electrons. The summed E-state index contributed by atoms with van der Waals surface area (Å²) in [5.41, 5.74) is 0.0430. The molecule has 0 amide bonds. The van der Waals surface area contributed by atoms with E-state index in [1.807, 2.05) is 7.05 Å². The van der Waals surface area contributed by atoms with E-state index in [1.165, 1.54) is 12.3 Å². The number of carboxylic acid groups (broad SMARTS) is 1. The Kier molecular flexibility index (Phi) is 3.54. The number of likely N-dealkylation sites (tertiary alicyclic amines) is 1. The molecule has 8 heteroatoms. The molecule has 2 fully saturated rings. The lowest BCUT2D eigenvalue weighted by Crippen LogP contribution is -2.36. The fourth-order valence-corrected chi connectivity index (χ4v) is 4.03. The number of sulfonamides is 1. The molecule has 1 aromatic heterocycles. The predicted molar refractivity (Wildman–Crippen MR) is 75.9 cm³/mol. The van der Waals surface area contributed by atoms with E-state index >= 15 is 0 Å². The van der Waals surface area contributed by atoms with Gasteiger partial charge in [-0.15, -0.1) is 0 Å². The smallest absolute Gasteiger partial charge is 0.352 e. The van der Waals surface area contributed by atoms with Gasteiger partial charge in [0.1, 0.15) is 10.6 Å². The number of aromatic nitrogens is 1. The minimum absolute atomic E-state index is 0.0429. The summed E-state index contributed by atoms with van der Waals surface area (Å²) in [4.78, 5) is 13.3. The first-order valence-electron chi connectivity index (χ1n) is 7.03. The van der Waals surface area contributed by atoms with E-state index in [-0.39, 0.29) is 22.7 Å². The number of aromatic carboxylic acids is 1. The molecule has 2 N–H and O–H groups in total. The van der Waals surface area contributed by atoms with E-state index in [4.69, 9.17) is 0 Å². The Balaban J connectivity index is 1.85. The molecular formula is C13H19N3O4S.